The van der Waals surface area contributed by atoms with Crippen molar-refractivity contribution in [3.8, 4) is 0 Å². The maximum Gasteiger partial charge on any atom is 0.348 e. The van der Waals surface area contributed by atoms with E-state index in [0.29, 0.717) is 0 Å². The van der Waals surface area contributed by atoms with Gasteiger partial charge in [0.15, 0.2) is 0 Å². The van der Waals surface area contributed by atoms with Crippen LogP contribution in [0.25, 0.3) is 0 Å². The molecule has 234 valence electrons. The maximum absolute atomic E-state index is 13.0. The number of carbonyl (C=O) groups excluding carboxylic acids is 4. The standard InChI is InChI=1S/C29H46O12/c1-9-38-29(15-30)21(39-19(8)31)12-28(35)20(14-37-27(25(28)29)41-23(33)11-17(4)5)13-36-26(34)24(18(6)7)40-22(32)10-16(2)3/h14,16-18,21,24-25,27,30,35H,9-13,15H2,1-8H3. The number of rotatable bonds is 14. The molecule has 6 atom stereocenters. The van der Waals surface area contributed by atoms with Crippen LogP contribution in [-0.2, 0) is 47.6 Å². The molecular weight excluding hydrogens is 540 g/mol. The lowest BCUT2D eigenvalue weighted by atomic mass is 9.77. The van der Waals surface area contributed by atoms with Crippen molar-refractivity contribution >= 4 is 23.9 Å². The van der Waals surface area contributed by atoms with Gasteiger partial charge in [-0.3, -0.25) is 14.4 Å². The van der Waals surface area contributed by atoms with Gasteiger partial charge in [-0.15, -0.1) is 0 Å². The van der Waals surface area contributed by atoms with Crippen molar-refractivity contribution in [3.05, 3.63) is 11.8 Å². The van der Waals surface area contributed by atoms with Crippen LogP contribution < -0.4 is 0 Å². The Kier molecular flexibility index (Phi) is 12.2. The third kappa shape index (κ3) is 8.20. The predicted molar refractivity (Wildman–Crippen MR) is 144 cm³/mol. The first-order valence-electron chi connectivity index (χ1n) is 14.2. The van der Waals surface area contributed by atoms with Crippen LogP contribution in [-0.4, -0.2) is 83.6 Å². The van der Waals surface area contributed by atoms with E-state index >= 15 is 0 Å². The first-order valence-corrected chi connectivity index (χ1v) is 14.2. The van der Waals surface area contributed by atoms with Crippen molar-refractivity contribution in [1.29, 1.82) is 0 Å². The van der Waals surface area contributed by atoms with Gasteiger partial charge in [0.1, 0.15) is 29.8 Å². The molecule has 0 aromatic carbocycles. The van der Waals surface area contributed by atoms with E-state index in [-0.39, 0.29) is 43.3 Å². The second kappa shape index (κ2) is 14.5. The van der Waals surface area contributed by atoms with Gasteiger partial charge in [0.25, 0.3) is 6.29 Å². The molecule has 0 aromatic heterocycles. The van der Waals surface area contributed by atoms with Crippen LogP contribution in [0.4, 0.5) is 0 Å². The van der Waals surface area contributed by atoms with Crippen molar-refractivity contribution in [3.63, 3.8) is 0 Å². The molecule has 1 heterocycles. The van der Waals surface area contributed by atoms with Crippen LogP contribution in [0.5, 0.6) is 0 Å². The lowest BCUT2D eigenvalue weighted by Crippen LogP contribution is -2.60. The Balaban J connectivity index is 2.42. The molecule has 12 heteroatoms. The zero-order valence-electron chi connectivity index (χ0n) is 25.3. The van der Waals surface area contributed by atoms with E-state index in [1.807, 2.05) is 27.7 Å². The molecule has 1 saturated carbocycles. The quantitative estimate of drug-likeness (QED) is 0.226. The van der Waals surface area contributed by atoms with Crippen molar-refractivity contribution in [2.75, 3.05) is 19.8 Å². The molecule has 0 amide bonds. The molecule has 1 aliphatic heterocycles. The molecule has 6 unspecified atom stereocenters. The topological polar surface area (TPSA) is 164 Å². The van der Waals surface area contributed by atoms with Crippen LogP contribution in [0.1, 0.15) is 74.7 Å². The molecule has 12 nitrogen and oxygen atoms in total. The highest BCUT2D eigenvalue weighted by molar-refractivity contribution is 5.80. The number of ether oxygens (including phenoxy) is 6. The minimum atomic E-state index is -1.94. The fourth-order valence-corrected chi connectivity index (χ4v) is 5.32. The maximum atomic E-state index is 13.0. The Labute approximate surface area is 241 Å². The summed E-state index contributed by atoms with van der Waals surface area (Å²) in [7, 11) is 0. The lowest BCUT2D eigenvalue weighted by molar-refractivity contribution is -0.250. The van der Waals surface area contributed by atoms with Gasteiger partial charge in [0.2, 0.25) is 6.10 Å². The van der Waals surface area contributed by atoms with Gasteiger partial charge in [0, 0.05) is 44.3 Å². The van der Waals surface area contributed by atoms with Gasteiger partial charge >= 0.3 is 23.9 Å². The first kappa shape index (κ1) is 34.5. The van der Waals surface area contributed by atoms with Crippen LogP contribution >= 0.6 is 0 Å². The number of fused-ring (bicyclic) bond motifs is 1. The molecular formula is C29H46O12. The molecule has 0 spiro atoms. The summed E-state index contributed by atoms with van der Waals surface area (Å²) < 4.78 is 33.7. The summed E-state index contributed by atoms with van der Waals surface area (Å²) in [5.74, 6) is -4.27. The SMILES string of the molecule is CCOC1(CO)C(OC(C)=O)CC2(O)C(COC(=O)C(OC(=O)CC(C)C)C(C)C)=COC(OC(=O)CC(C)C)C21. The van der Waals surface area contributed by atoms with Gasteiger partial charge in [-0.2, -0.15) is 0 Å². The van der Waals surface area contributed by atoms with Gasteiger partial charge in [-0.1, -0.05) is 41.5 Å². The van der Waals surface area contributed by atoms with Crippen LogP contribution in [0.15, 0.2) is 11.8 Å². The number of hydrogen-bond acceptors (Lipinski definition) is 12. The zero-order chi connectivity index (χ0) is 31.1. The lowest BCUT2D eigenvalue weighted by Gasteiger charge is -2.45. The fourth-order valence-electron chi connectivity index (χ4n) is 5.32. The van der Waals surface area contributed by atoms with E-state index < -0.39 is 78.6 Å². The minimum Gasteiger partial charge on any atom is -0.462 e. The first-order chi connectivity index (χ1) is 19.1. The molecule has 1 aliphatic carbocycles. The molecule has 0 radical (unpaired) electrons. The van der Waals surface area contributed by atoms with Crippen LogP contribution in [0, 0.1) is 23.7 Å². The third-order valence-electron chi connectivity index (χ3n) is 7.09. The predicted octanol–water partition coefficient (Wildman–Crippen LogP) is 2.42. The summed E-state index contributed by atoms with van der Waals surface area (Å²) in [6, 6.07) is 0. The Bertz CT molecular complexity index is 973. The van der Waals surface area contributed by atoms with Crippen molar-refractivity contribution in [2.24, 2.45) is 23.7 Å². The zero-order valence-corrected chi connectivity index (χ0v) is 25.3. The number of carbonyl (C=O) groups is 4. The summed E-state index contributed by atoms with van der Waals surface area (Å²) >= 11 is 0. The molecule has 2 N–H and O–H groups in total. The Morgan fingerprint density at radius 1 is 1.02 bits per heavy atom. The molecule has 2 aliphatic rings. The number of esters is 4. The van der Waals surface area contributed by atoms with E-state index in [9.17, 15) is 29.4 Å². The van der Waals surface area contributed by atoms with Gasteiger partial charge < -0.3 is 38.6 Å². The molecule has 0 aromatic rings. The van der Waals surface area contributed by atoms with Crippen LogP contribution in [0.2, 0.25) is 0 Å². The third-order valence-corrected chi connectivity index (χ3v) is 7.09. The summed E-state index contributed by atoms with van der Waals surface area (Å²) in [5.41, 5.74) is -3.59. The summed E-state index contributed by atoms with van der Waals surface area (Å²) in [6.45, 7) is 12.5. The average Bonchev–Trinajstić information content (AvgIpc) is 3.08. The van der Waals surface area contributed by atoms with Gasteiger partial charge in [0.05, 0.1) is 12.9 Å². The average molecular weight is 587 g/mol. The summed E-state index contributed by atoms with van der Waals surface area (Å²) in [4.78, 5) is 49.9. The fraction of sp³-hybridized carbons (Fsp3) is 0.793. The smallest absolute Gasteiger partial charge is 0.348 e. The molecule has 2 rings (SSSR count). The second-order valence-corrected chi connectivity index (χ2v) is 11.8. The van der Waals surface area contributed by atoms with Gasteiger partial charge in [-0.05, 0) is 18.8 Å². The number of hydrogen-bond donors (Lipinski definition) is 2. The van der Waals surface area contributed by atoms with Crippen molar-refractivity contribution in [1.82, 2.24) is 0 Å². The van der Waals surface area contributed by atoms with Crippen LogP contribution in [0.3, 0.4) is 0 Å². The highest BCUT2D eigenvalue weighted by Crippen LogP contribution is 2.54. The van der Waals surface area contributed by atoms with E-state index in [4.69, 9.17) is 28.4 Å². The second-order valence-electron chi connectivity index (χ2n) is 11.8. The molecule has 1 fully saturated rings. The Morgan fingerprint density at radius 3 is 2.15 bits per heavy atom. The monoisotopic (exact) mass is 586 g/mol. The Morgan fingerprint density at radius 2 is 1.63 bits per heavy atom. The Hall–Kier alpha value is -2.70. The molecule has 0 bridgehead atoms. The van der Waals surface area contributed by atoms with E-state index in [2.05, 4.69) is 0 Å². The highest BCUT2D eigenvalue weighted by atomic mass is 16.7. The van der Waals surface area contributed by atoms with Crippen molar-refractivity contribution < 1.29 is 57.8 Å². The number of aliphatic hydroxyl groups excluding tert-OH is 1. The summed E-state index contributed by atoms with van der Waals surface area (Å²) in [6.07, 6.45) is -2.68. The van der Waals surface area contributed by atoms with E-state index in [1.165, 1.54) is 6.92 Å². The largest absolute Gasteiger partial charge is 0.462 e. The van der Waals surface area contributed by atoms with E-state index in [1.54, 1.807) is 20.8 Å². The highest BCUT2D eigenvalue weighted by Gasteiger charge is 2.71. The summed E-state index contributed by atoms with van der Waals surface area (Å²) in [5, 5.41) is 22.7. The normalized spacial score (nSPS) is 28.0. The molecule has 41 heavy (non-hydrogen) atoms. The minimum absolute atomic E-state index is 0.0223. The number of aliphatic hydroxyl groups is 2. The van der Waals surface area contributed by atoms with Crippen molar-refractivity contribution in [2.45, 2.75) is 104 Å². The van der Waals surface area contributed by atoms with Gasteiger partial charge in [-0.25, -0.2) is 4.79 Å². The van der Waals surface area contributed by atoms with E-state index in [0.717, 1.165) is 6.26 Å². The molecule has 0 saturated heterocycles.